The van der Waals surface area contributed by atoms with E-state index in [1.165, 1.54) is 25.9 Å². The van der Waals surface area contributed by atoms with E-state index in [4.69, 9.17) is 0 Å². The van der Waals surface area contributed by atoms with Gasteiger partial charge < -0.3 is 4.90 Å². The molecule has 0 bridgehead atoms. The van der Waals surface area contributed by atoms with E-state index >= 15 is 0 Å². The Morgan fingerprint density at radius 1 is 1.18 bits per heavy atom. The second-order valence-corrected chi connectivity index (χ2v) is 4.16. The van der Waals surface area contributed by atoms with Gasteiger partial charge in [-0.05, 0) is 32.0 Å². The molecule has 0 spiro atoms. The average Bonchev–Trinajstić information content (AvgIpc) is 2.00. The average molecular weight is 157 g/mol. The summed E-state index contributed by atoms with van der Waals surface area (Å²) in [6.45, 7) is 11.6. The smallest absolute Gasteiger partial charge is 0.00168 e. The molecular weight excluding hydrogens is 134 g/mol. The van der Waals surface area contributed by atoms with Gasteiger partial charge in [0.05, 0.1) is 0 Å². The van der Waals surface area contributed by atoms with Crippen LogP contribution in [0.15, 0.2) is 0 Å². The van der Waals surface area contributed by atoms with Gasteiger partial charge in [0.25, 0.3) is 0 Å². The van der Waals surface area contributed by atoms with E-state index in [0.717, 1.165) is 0 Å². The molecule has 0 heterocycles. The van der Waals surface area contributed by atoms with Crippen molar-refractivity contribution in [3.05, 3.63) is 0 Å². The van der Waals surface area contributed by atoms with E-state index in [1.807, 2.05) is 0 Å². The maximum Gasteiger partial charge on any atom is -0.00168 e. The molecule has 0 aromatic heterocycles. The SMILES string of the molecule is CCN(C)CCC(C)(C)CC. The minimum atomic E-state index is 0.531. The first kappa shape index (κ1) is 11.0. The normalized spacial score (nSPS) is 12.5. The van der Waals surface area contributed by atoms with Gasteiger partial charge >= 0.3 is 0 Å². The molecule has 0 saturated heterocycles. The minimum Gasteiger partial charge on any atom is -0.307 e. The molecule has 0 saturated carbocycles. The van der Waals surface area contributed by atoms with Gasteiger partial charge in [0, 0.05) is 0 Å². The van der Waals surface area contributed by atoms with Gasteiger partial charge in [0.1, 0.15) is 0 Å². The maximum atomic E-state index is 2.37. The fraction of sp³-hybridized carbons (Fsp3) is 1.00. The first-order valence-electron chi connectivity index (χ1n) is 4.70. The van der Waals surface area contributed by atoms with Crippen LogP contribution in [0.4, 0.5) is 0 Å². The van der Waals surface area contributed by atoms with Crippen molar-refractivity contribution in [3.8, 4) is 0 Å². The summed E-state index contributed by atoms with van der Waals surface area (Å²) in [5.41, 5.74) is 0.531. The van der Waals surface area contributed by atoms with Crippen molar-refractivity contribution in [3.63, 3.8) is 0 Å². The van der Waals surface area contributed by atoms with Crippen molar-refractivity contribution in [1.29, 1.82) is 0 Å². The van der Waals surface area contributed by atoms with Gasteiger partial charge in [-0.2, -0.15) is 0 Å². The second kappa shape index (κ2) is 4.76. The summed E-state index contributed by atoms with van der Waals surface area (Å²) in [6.07, 6.45) is 2.60. The van der Waals surface area contributed by atoms with Gasteiger partial charge in [0.15, 0.2) is 0 Å². The van der Waals surface area contributed by atoms with Gasteiger partial charge in [-0.15, -0.1) is 0 Å². The van der Waals surface area contributed by atoms with E-state index in [2.05, 4.69) is 39.6 Å². The Labute approximate surface area is 71.8 Å². The van der Waals surface area contributed by atoms with Crippen molar-refractivity contribution in [2.75, 3.05) is 20.1 Å². The fourth-order valence-corrected chi connectivity index (χ4v) is 0.828. The van der Waals surface area contributed by atoms with Gasteiger partial charge in [-0.25, -0.2) is 0 Å². The van der Waals surface area contributed by atoms with E-state index in [9.17, 15) is 0 Å². The van der Waals surface area contributed by atoms with Crippen LogP contribution < -0.4 is 0 Å². The second-order valence-electron chi connectivity index (χ2n) is 4.16. The summed E-state index contributed by atoms with van der Waals surface area (Å²) in [6, 6.07) is 0. The van der Waals surface area contributed by atoms with Crippen molar-refractivity contribution in [1.82, 2.24) is 4.90 Å². The lowest BCUT2D eigenvalue weighted by Crippen LogP contribution is -2.24. The Morgan fingerprint density at radius 3 is 2.09 bits per heavy atom. The molecule has 0 amide bonds. The molecule has 0 atom stereocenters. The molecular formula is C10H23N. The molecule has 0 aliphatic carbocycles. The molecule has 1 heteroatoms. The topological polar surface area (TPSA) is 3.24 Å². The van der Waals surface area contributed by atoms with E-state index < -0.39 is 0 Å². The highest BCUT2D eigenvalue weighted by Gasteiger charge is 2.14. The molecule has 1 nitrogen and oxygen atoms in total. The van der Waals surface area contributed by atoms with Gasteiger partial charge in [-0.3, -0.25) is 0 Å². The van der Waals surface area contributed by atoms with E-state index in [0.29, 0.717) is 5.41 Å². The zero-order valence-electron chi connectivity index (χ0n) is 8.78. The molecule has 68 valence electrons. The molecule has 11 heavy (non-hydrogen) atoms. The summed E-state index contributed by atoms with van der Waals surface area (Å²) in [4.78, 5) is 2.37. The van der Waals surface area contributed by atoms with Crippen LogP contribution in [0.2, 0.25) is 0 Å². The summed E-state index contributed by atoms with van der Waals surface area (Å²) < 4.78 is 0. The molecule has 0 aromatic carbocycles. The first-order chi connectivity index (χ1) is 5.02. The van der Waals surface area contributed by atoms with E-state index in [1.54, 1.807) is 0 Å². The predicted octanol–water partition coefficient (Wildman–Crippen LogP) is 2.76. The maximum absolute atomic E-state index is 2.37. The zero-order valence-corrected chi connectivity index (χ0v) is 8.78. The van der Waals surface area contributed by atoms with Crippen LogP contribution in [0.25, 0.3) is 0 Å². The number of rotatable bonds is 5. The molecule has 0 aromatic rings. The highest BCUT2D eigenvalue weighted by molar-refractivity contribution is 4.67. The van der Waals surface area contributed by atoms with Crippen LogP contribution in [-0.4, -0.2) is 25.0 Å². The lowest BCUT2D eigenvalue weighted by molar-refractivity contribution is 0.249. The van der Waals surface area contributed by atoms with Crippen LogP contribution in [0.1, 0.15) is 40.5 Å². The van der Waals surface area contributed by atoms with Crippen LogP contribution in [-0.2, 0) is 0 Å². The fourth-order valence-electron chi connectivity index (χ4n) is 0.828. The quantitative estimate of drug-likeness (QED) is 0.593. The lowest BCUT2D eigenvalue weighted by Gasteiger charge is -2.25. The first-order valence-corrected chi connectivity index (χ1v) is 4.70. The predicted molar refractivity (Wildman–Crippen MR) is 51.9 cm³/mol. The van der Waals surface area contributed by atoms with Gasteiger partial charge in [0.2, 0.25) is 0 Å². The third kappa shape index (κ3) is 5.25. The number of nitrogens with zero attached hydrogens (tertiary/aromatic N) is 1. The molecule has 0 unspecified atom stereocenters. The van der Waals surface area contributed by atoms with Crippen molar-refractivity contribution in [2.45, 2.75) is 40.5 Å². The van der Waals surface area contributed by atoms with Crippen molar-refractivity contribution >= 4 is 0 Å². The molecule has 0 rings (SSSR count). The monoisotopic (exact) mass is 157 g/mol. The van der Waals surface area contributed by atoms with Crippen LogP contribution in [0, 0.1) is 5.41 Å². The molecule has 0 fully saturated rings. The third-order valence-electron chi connectivity index (χ3n) is 2.67. The lowest BCUT2D eigenvalue weighted by atomic mass is 9.86. The minimum absolute atomic E-state index is 0.531. The summed E-state index contributed by atoms with van der Waals surface area (Å²) in [5.74, 6) is 0. The highest BCUT2D eigenvalue weighted by Crippen LogP contribution is 2.24. The van der Waals surface area contributed by atoms with Crippen LogP contribution >= 0.6 is 0 Å². The molecule has 0 aliphatic rings. The summed E-state index contributed by atoms with van der Waals surface area (Å²) in [5, 5.41) is 0. The van der Waals surface area contributed by atoms with Crippen molar-refractivity contribution in [2.24, 2.45) is 5.41 Å². The van der Waals surface area contributed by atoms with Crippen LogP contribution in [0.5, 0.6) is 0 Å². The molecule has 0 radical (unpaired) electrons. The Hall–Kier alpha value is -0.0400. The highest BCUT2D eigenvalue weighted by atomic mass is 15.1. The van der Waals surface area contributed by atoms with Crippen LogP contribution in [0.3, 0.4) is 0 Å². The Bertz CT molecular complexity index is 97.0. The molecule has 0 aliphatic heterocycles. The Morgan fingerprint density at radius 2 is 1.73 bits per heavy atom. The standard InChI is InChI=1S/C10H23N/c1-6-10(3,4)8-9-11(5)7-2/h6-9H2,1-5H3. The Balaban J connectivity index is 3.52. The van der Waals surface area contributed by atoms with E-state index in [-0.39, 0.29) is 0 Å². The number of hydrogen-bond donors (Lipinski definition) is 0. The van der Waals surface area contributed by atoms with Crippen molar-refractivity contribution < 1.29 is 0 Å². The van der Waals surface area contributed by atoms with Gasteiger partial charge in [-0.1, -0.05) is 34.1 Å². The summed E-state index contributed by atoms with van der Waals surface area (Å²) in [7, 11) is 2.19. The number of hydrogen-bond acceptors (Lipinski definition) is 1. The largest absolute Gasteiger partial charge is 0.307 e. The zero-order chi connectivity index (χ0) is 8.91. The summed E-state index contributed by atoms with van der Waals surface area (Å²) >= 11 is 0. The third-order valence-corrected chi connectivity index (χ3v) is 2.67. The molecule has 0 N–H and O–H groups in total. The Kier molecular flexibility index (Phi) is 4.74.